The van der Waals surface area contributed by atoms with Crippen molar-refractivity contribution in [3.05, 3.63) is 59.7 Å². The Morgan fingerprint density at radius 1 is 1.02 bits per heavy atom. The topological polar surface area (TPSA) is 119 Å². The van der Waals surface area contributed by atoms with Gasteiger partial charge >= 0.3 is 6.09 Å². The van der Waals surface area contributed by atoms with Crippen LogP contribution in [0.1, 0.15) is 24.0 Å². The maximum atomic E-state index is 12.6. The molecule has 2 amide bonds. The van der Waals surface area contributed by atoms with Crippen molar-refractivity contribution in [3.8, 4) is 11.5 Å². The van der Waals surface area contributed by atoms with E-state index in [1.54, 1.807) is 19.1 Å². The Morgan fingerprint density at radius 2 is 1.61 bits per heavy atom. The molecule has 3 heterocycles. The van der Waals surface area contributed by atoms with Crippen molar-refractivity contribution < 1.29 is 38.4 Å². The van der Waals surface area contributed by atoms with E-state index in [0.717, 1.165) is 33.9 Å². The first-order chi connectivity index (χ1) is 19.9. The van der Waals surface area contributed by atoms with Crippen molar-refractivity contribution in [2.45, 2.75) is 55.8 Å². The third kappa shape index (κ3) is 6.78. The second-order valence-corrected chi connectivity index (χ2v) is 11.2. The summed E-state index contributed by atoms with van der Waals surface area (Å²) in [5, 5.41) is 9.91. The quantitative estimate of drug-likeness (QED) is 0.446. The molecule has 0 bridgehead atoms. The van der Waals surface area contributed by atoms with Gasteiger partial charge in [-0.15, -0.1) is 0 Å². The van der Waals surface area contributed by atoms with Crippen LogP contribution < -0.4 is 9.47 Å². The van der Waals surface area contributed by atoms with Gasteiger partial charge in [-0.3, -0.25) is 14.7 Å². The number of methoxy groups -OCH3 is 2. The fourth-order valence-electron chi connectivity index (χ4n) is 5.12. The first-order valence-corrected chi connectivity index (χ1v) is 14.4. The smallest absolute Gasteiger partial charge is 0.413 e. The van der Waals surface area contributed by atoms with E-state index in [-0.39, 0.29) is 19.1 Å². The summed E-state index contributed by atoms with van der Waals surface area (Å²) in [7, 11) is 4.69. The van der Waals surface area contributed by atoms with Crippen molar-refractivity contribution in [2.24, 2.45) is 4.99 Å². The largest absolute Gasteiger partial charge is 0.497 e. The zero-order valence-corrected chi connectivity index (χ0v) is 24.1. The second-order valence-electron chi connectivity index (χ2n) is 10.1. The summed E-state index contributed by atoms with van der Waals surface area (Å²) in [6.45, 7) is 1.56. The molecule has 220 valence electrons. The first-order valence-electron chi connectivity index (χ1n) is 13.5. The van der Waals surface area contributed by atoms with Gasteiger partial charge in [0.25, 0.3) is 0 Å². The Morgan fingerprint density at radius 3 is 2.12 bits per heavy atom. The van der Waals surface area contributed by atoms with Crippen molar-refractivity contribution >= 4 is 28.9 Å². The summed E-state index contributed by atoms with van der Waals surface area (Å²) in [5.74, 6) is 1.58. The number of carbonyl (C=O) groups is 2. The van der Waals surface area contributed by atoms with E-state index in [0.29, 0.717) is 24.7 Å². The summed E-state index contributed by atoms with van der Waals surface area (Å²) < 4.78 is 30.2. The van der Waals surface area contributed by atoms with E-state index < -0.39 is 35.9 Å². The highest BCUT2D eigenvalue weighted by atomic mass is 32.2. The Kier molecular flexibility index (Phi) is 9.33. The normalized spacial score (nSPS) is 25.5. The number of thioether (sulfide) groups is 1. The first kappa shape index (κ1) is 29.2. The molecular formula is C29H35N3O8S. The van der Waals surface area contributed by atoms with Crippen LogP contribution in [0.3, 0.4) is 0 Å². The molecule has 5 rings (SSSR count). The number of carbonyl (C=O) groups excluding carboxylic acids is 1. The molecule has 0 unspecified atom stereocenters. The standard InChI is InChI=1S/C29H35N3O8S/c1-31(29(34)35)28-30-24-26(39-17-19-8-12-21(37-3)13-9-19)25(38-16-18-6-10-20(36-2)11-7-18)22(40-27(24)41-28)15-32-14-4-5-23(32)33/h6-13,22,24-27H,4-5,14-17H2,1-3H3,(H,34,35)/t22-,24-,25-,26-,27-/m1/s1. The molecule has 1 N–H and O–H groups in total. The lowest BCUT2D eigenvalue weighted by molar-refractivity contribution is -0.201. The van der Waals surface area contributed by atoms with Crippen LogP contribution in [0.25, 0.3) is 0 Å². The maximum Gasteiger partial charge on any atom is 0.413 e. The predicted octanol–water partition coefficient (Wildman–Crippen LogP) is 3.60. The van der Waals surface area contributed by atoms with Crippen LogP contribution >= 0.6 is 11.8 Å². The highest BCUT2D eigenvalue weighted by molar-refractivity contribution is 8.14. The van der Waals surface area contributed by atoms with E-state index in [2.05, 4.69) is 0 Å². The summed E-state index contributed by atoms with van der Waals surface area (Å²) in [6, 6.07) is 14.7. The van der Waals surface area contributed by atoms with Gasteiger partial charge in [0.2, 0.25) is 5.91 Å². The molecule has 0 aliphatic carbocycles. The minimum atomic E-state index is -1.11. The van der Waals surface area contributed by atoms with Crippen LogP contribution in [0.4, 0.5) is 4.79 Å². The molecule has 11 nitrogen and oxygen atoms in total. The zero-order valence-electron chi connectivity index (χ0n) is 23.3. The molecule has 3 aliphatic rings. The number of amidine groups is 1. The van der Waals surface area contributed by atoms with Gasteiger partial charge in [0, 0.05) is 26.6 Å². The number of aliphatic imine (C=N–C) groups is 1. The second kappa shape index (κ2) is 13.1. The van der Waals surface area contributed by atoms with Gasteiger partial charge in [0.1, 0.15) is 41.3 Å². The molecule has 0 saturated carbocycles. The summed E-state index contributed by atoms with van der Waals surface area (Å²) in [6.07, 6.45) is -1.45. The number of rotatable bonds is 10. The van der Waals surface area contributed by atoms with Crippen LogP contribution in [0.2, 0.25) is 0 Å². The fourth-order valence-corrected chi connectivity index (χ4v) is 6.30. The number of fused-ring (bicyclic) bond motifs is 1. The highest BCUT2D eigenvalue weighted by Crippen LogP contribution is 2.40. The number of likely N-dealkylation sites (tertiary alicyclic amines) is 1. The lowest BCUT2D eigenvalue weighted by Crippen LogP contribution is -2.59. The third-order valence-electron chi connectivity index (χ3n) is 7.44. The summed E-state index contributed by atoms with van der Waals surface area (Å²) in [4.78, 5) is 31.9. The molecular weight excluding hydrogens is 550 g/mol. The lowest BCUT2D eigenvalue weighted by atomic mass is 9.96. The monoisotopic (exact) mass is 585 g/mol. The van der Waals surface area contributed by atoms with Gasteiger partial charge in [-0.05, 0) is 41.8 Å². The van der Waals surface area contributed by atoms with Crippen molar-refractivity contribution in [2.75, 3.05) is 34.4 Å². The molecule has 2 aromatic rings. The van der Waals surface area contributed by atoms with Crippen LogP contribution in [-0.2, 0) is 32.2 Å². The molecule has 2 fully saturated rings. The summed E-state index contributed by atoms with van der Waals surface area (Å²) >= 11 is 1.25. The SMILES string of the molecule is COc1ccc(CO[C@@H]2[C@H]3N=C(N(C)C(=O)O)S[C@H]3O[C@H](CN3CCCC3=O)[C@H]2OCc2ccc(OC)cc2)cc1. The molecule has 0 radical (unpaired) electrons. The number of ether oxygens (including phenoxy) is 5. The van der Waals surface area contributed by atoms with Crippen LogP contribution in [0.5, 0.6) is 11.5 Å². The van der Waals surface area contributed by atoms with Crippen molar-refractivity contribution in [1.82, 2.24) is 9.80 Å². The molecule has 5 atom stereocenters. The van der Waals surface area contributed by atoms with E-state index in [9.17, 15) is 14.7 Å². The van der Waals surface area contributed by atoms with Gasteiger partial charge in [-0.25, -0.2) is 4.79 Å². The highest BCUT2D eigenvalue weighted by Gasteiger charge is 2.52. The molecule has 2 aromatic carbocycles. The van der Waals surface area contributed by atoms with Gasteiger partial charge in [0.15, 0.2) is 5.17 Å². The van der Waals surface area contributed by atoms with Crippen LogP contribution in [0, 0.1) is 0 Å². The Labute approximate surface area is 243 Å². The van der Waals surface area contributed by atoms with Crippen LogP contribution in [0.15, 0.2) is 53.5 Å². The predicted molar refractivity (Wildman–Crippen MR) is 152 cm³/mol. The minimum Gasteiger partial charge on any atom is -0.497 e. The van der Waals surface area contributed by atoms with E-state index in [1.165, 1.54) is 18.8 Å². The summed E-state index contributed by atoms with van der Waals surface area (Å²) in [5.41, 5.74) is 1.39. The number of carboxylic acid groups (broad SMARTS) is 1. The van der Waals surface area contributed by atoms with Crippen LogP contribution in [-0.4, -0.2) is 96.2 Å². The van der Waals surface area contributed by atoms with Gasteiger partial charge in [-0.1, -0.05) is 36.0 Å². The number of benzene rings is 2. The molecule has 0 spiro atoms. The molecule has 41 heavy (non-hydrogen) atoms. The number of amides is 2. The van der Waals surface area contributed by atoms with E-state index in [1.807, 2.05) is 48.5 Å². The van der Waals surface area contributed by atoms with E-state index >= 15 is 0 Å². The third-order valence-corrected chi connectivity index (χ3v) is 8.66. The Hall–Kier alpha value is -3.32. The Bertz CT molecular complexity index is 1240. The average Bonchev–Trinajstić information content (AvgIpc) is 3.60. The molecule has 2 saturated heterocycles. The van der Waals surface area contributed by atoms with Crippen molar-refractivity contribution in [3.63, 3.8) is 0 Å². The van der Waals surface area contributed by atoms with Gasteiger partial charge in [-0.2, -0.15) is 0 Å². The zero-order chi connectivity index (χ0) is 28.9. The Balaban J connectivity index is 1.43. The number of nitrogens with zero attached hydrogens (tertiary/aromatic N) is 3. The van der Waals surface area contributed by atoms with Gasteiger partial charge in [0.05, 0.1) is 27.4 Å². The van der Waals surface area contributed by atoms with Crippen molar-refractivity contribution in [1.29, 1.82) is 0 Å². The molecule has 12 heteroatoms. The lowest BCUT2D eigenvalue weighted by Gasteiger charge is -2.43. The fraction of sp³-hybridized carbons (Fsp3) is 0.483. The molecule has 3 aliphatic heterocycles. The molecule has 0 aromatic heterocycles. The van der Waals surface area contributed by atoms with E-state index in [4.69, 9.17) is 28.7 Å². The number of hydrogen-bond acceptors (Lipinski definition) is 9. The number of hydrogen-bond donors (Lipinski definition) is 1. The van der Waals surface area contributed by atoms with Gasteiger partial charge < -0.3 is 33.7 Å². The average molecular weight is 586 g/mol. The maximum absolute atomic E-state index is 12.6. The minimum absolute atomic E-state index is 0.0851.